The van der Waals surface area contributed by atoms with Crippen LogP contribution in [0.3, 0.4) is 0 Å². The smallest absolute Gasteiger partial charge is 0.207 e. The molecule has 0 aliphatic rings. The van der Waals surface area contributed by atoms with Crippen LogP contribution in [0, 0.1) is 6.92 Å². The molecule has 0 unspecified atom stereocenters. The van der Waals surface area contributed by atoms with Crippen molar-refractivity contribution in [3.8, 4) is 0 Å². The SMILES string of the molecule is Cc1ccc(S(=O)(=O)N(C)[C@H](c2ccccc2)c2cc3ccccc3s2)cc1. The van der Waals surface area contributed by atoms with Crippen molar-refractivity contribution in [1.82, 2.24) is 4.31 Å². The largest absolute Gasteiger partial charge is 0.243 e. The van der Waals surface area contributed by atoms with Crippen LogP contribution in [0.1, 0.15) is 22.0 Å². The van der Waals surface area contributed by atoms with Crippen LogP contribution in [-0.2, 0) is 10.0 Å². The summed E-state index contributed by atoms with van der Waals surface area (Å²) >= 11 is 1.64. The van der Waals surface area contributed by atoms with Crippen molar-refractivity contribution in [1.29, 1.82) is 0 Å². The van der Waals surface area contributed by atoms with E-state index in [0.717, 1.165) is 26.1 Å². The summed E-state index contributed by atoms with van der Waals surface area (Å²) in [5, 5.41) is 1.13. The van der Waals surface area contributed by atoms with Crippen LogP contribution >= 0.6 is 11.3 Å². The standard InChI is InChI=1S/C23H21NO2S2/c1-17-12-14-20(15-13-17)28(25,26)24(2)23(18-8-4-3-5-9-18)22-16-19-10-6-7-11-21(19)27-22/h3-16,23H,1-2H3/t23-/m1/s1. The number of hydrogen-bond donors (Lipinski definition) is 0. The number of thiophene rings is 1. The molecule has 1 atom stereocenters. The maximum Gasteiger partial charge on any atom is 0.243 e. The number of sulfonamides is 1. The van der Waals surface area contributed by atoms with Gasteiger partial charge in [-0.2, -0.15) is 4.31 Å². The van der Waals surface area contributed by atoms with Gasteiger partial charge in [-0.25, -0.2) is 8.42 Å². The Hall–Kier alpha value is -2.47. The minimum absolute atomic E-state index is 0.308. The third kappa shape index (κ3) is 3.49. The zero-order chi connectivity index (χ0) is 19.7. The first-order chi connectivity index (χ1) is 13.5. The molecule has 0 aliphatic carbocycles. The van der Waals surface area contributed by atoms with Crippen LogP contribution in [-0.4, -0.2) is 19.8 Å². The first-order valence-corrected chi connectivity index (χ1v) is 11.3. The molecule has 0 N–H and O–H groups in total. The molecule has 3 nitrogen and oxygen atoms in total. The second-order valence-corrected chi connectivity index (χ2v) is 9.95. The van der Waals surface area contributed by atoms with E-state index >= 15 is 0 Å². The quantitative estimate of drug-likeness (QED) is 0.431. The first-order valence-electron chi connectivity index (χ1n) is 9.05. The van der Waals surface area contributed by atoms with Crippen molar-refractivity contribution < 1.29 is 8.42 Å². The zero-order valence-corrected chi connectivity index (χ0v) is 17.4. The molecule has 0 saturated heterocycles. The average Bonchev–Trinajstić information content (AvgIpc) is 3.13. The number of rotatable bonds is 5. The molecule has 0 amide bonds. The van der Waals surface area contributed by atoms with Gasteiger partial charge in [-0.3, -0.25) is 0 Å². The van der Waals surface area contributed by atoms with E-state index in [4.69, 9.17) is 0 Å². The molecule has 142 valence electrons. The van der Waals surface area contributed by atoms with E-state index in [9.17, 15) is 8.42 Å². The molecule has 0 aliphatic heterocycles. The van der Waals surface area contributed by atoms with Crippen molar-refractivity contribution in [2.24, 2.45) is 0 Å². The van der Waals surface area contributed by atoms with Crippen LogP contribution in [0.15, 0.2) is 89.8 Å². The highest BCUT2D eigenvalue weighted by molar-refractivity contribution is 7.89. The molecule has 0 bridgehead atoms. The van der Waals surface area contributed by atoms with Gasteiger partial charge in [0.05, 0.1) is 10.9 Å². The monoisotopic (exact) mass is 407 g/mol. The minimum atomic E-state index is -3.65. The maximum absolute atomic E-state index is 13.4. The molecule has 0 fully saturated rings. The zero-order valence-electron chi connectivity index (χ0n) is 15.7. The van der Waals surface area contributed by atoms with Gasteiger partial charge in [-0.05, 0) is 42.1 Å². The van der Waals surface area contributed by atoms with E-state index in [2.05, 4.69) is 18.2 Å². The van der Waals surface area contributed by atoms with Gasteiger partial charge in [0.15, 0.2) is 0 Å². The fourth-order valence-corrected chi connectivity index (χ4v) is 5.97. The molecule has 4 rings (SSSR count). The summed E-state index contributed by atoms with van der Waals surface area (Å²) < 4.78 is 29.4. The predicted molar refractivity (Wildman–Crippen MR) is 116 cm³/mol. The summed E-state index contributed by atoms with van der Waals surface area (Å²) in [6, 6.07) is 26.7. The number of benzene rings is 3. The van der Waals surface area contributed by atoms with Crippen molar-refractivity contribution in [2.45, 2.75) is 17.9 Å². The van der Waals surface area contributed by atoms with E-state index in [0.29, 0.717) is 4.90 Å². The van der Waals surface area contributed by atoms with Crippen molar-refractivity contribution in [3.05, 3.63) is 101 Å². The van der Waals surface area contributed by atoms with E-state index in [1.165, 1.54) is 4.31 Å². The predicted octanol–water partition coefficient (Wildman–Crippen LogP) is 5.62. The van der Waals surface area contributed by atoms with E-state index in [-0.39, 0.29) is 6.04 Å². The molecule has 1 heterocycles. The average molecular weight is 408 g/mol. The summed E-state index contributed by atoms with van der Waals surface area (Å²) in [7, 11) is -1.98. The van der Waals surface area contributed by atoms with Crippen LogP contribution in [0.25, 0.3) is 10.1 Å². The van der Waals surface area contributed by atoms with E-state index in [1.807, 2.05) is 61.5 Å². The molecule has 4 aromatic rings. The Morgan fingerprint density at radius 3 is 2.18 bits per heavy atom. The fraction of sp³-hybridized carbons (Fsp3) is 0.130. The topological polar surface area (TPSA) is 37.4 Å². The molecule has 1 aromatic heterocycles. The molecule has 0 spiro atoms. The van der Waals surface area contributed by atoms with Gasteiger partial charge in [0, 0.05) is 16.6 Å². The number of nitrogens with zero attached hydrogens (tertiary/aromatic N) is 1. The number of aryl methyl sites for hydroxylation is 1. The molecular weight excluding hydrogens is 386 g/mol. The van der Waals surface area contributed by atoms with Crippen LogP contribution < -0.4 is 0 Å². The lowest BCUT2D eigenvalue weighted by atomic mass is 10.1. The molecular formula is C23H21NO2S2. The highest BCUT2D eigenvalue weighted by atomic mass is 32.2. The van der Waals surface area contributed by atoms with Crippen LogP contribution in [0.2, 0.25) is 0 Å². The van der Waals surface area contributed by atoms with Crippen molar-refractivity contribution in [3.63, 3.8) is 0 Å². The lowest BCUT2D eigenvalue weighted by Crippen LogP contribution is -2.31. The summed E-state index contributed by atoms with van der Waals surface area (Å²) in [6.45, 7) is 1.95. The fourth-order valence-electron chi connectivity index (χ4n) is 3.34. The molecule has 3 aromatic carbocycles. The Labute approximate surface area is 169 Å². The summed E-state index contributed by atoms with van der Waals surface area (Å²) in [5.41, 5.74) is 1.98. The van der Waals surface area contributed by atoms with Gasteiger partial charge < -0.3 is 0 Å². The van der Waals surface area contributed by atoms with Crippen LogP contribution in [0.5, 0.6) is 0 Å². The maximum atomic E-state index is 13.4. The highest BCUT2D eigenvalue weighted by Crippen LogP contribution is 2.38. The van der Waals surface area contributed by atoms with E-state index in [1.54, 1.807) is 30.5 Å². The lowest BCUT2D eigenvalue weighted by molar-refractivity contribution is 0.422. The minimum Gasteiger partial charge on any atom is -0.207 e. The first kappa shape index (κ1) is 18.9. The number of hydrogen-bond acceptors (Lipinski definition) is 3. The molecule has 0 saturated carbocycles. The Bertz CT molecular complexity index is 1160. The lowest BCUT2D eigenvalue weighted by Gasteiger charge is -2.27. The van der Waals surface area contributed by atoms with Gasteiger partial charge in [-0.1, -0.05) is 66.2 Å². The van der Waals surface area contributed by atoms with Gasteiger partial charge in [0.2, 0.25) is 10.0 Å². The molecule has 0 radical (unpaired) electrons. The van der Waals surface area contributed by atoms with E-state index < -0.39 is 10.0 Å². The van der Waals surface area contributed by atoms with Crippen LogP contribution in [0.4, 0.5) is 0 Å². The third-order valence-corrected chi connectivity index (χ3v) is 7.90. The number of fused-ring (bicyclic) bond motifs is 1. The van der Waals surface area contributed by atoms with Gasteiger partial charge >= 0.3 is 0 Å². The highest BCUT2D eigenvalue weighted by Gasteiger charge is 2.31. The van der Waals surface area contributed by atoms with Crippen molar-refractivity contribution in [2.75, 3.05) is 7.05 Å². The Morgan fingerprint density at radius 1 is 0.857 bits per heavy atom. The molecule has 5 heteroatoms. The Balaban J connectivity index is 1.84. The Kier molecular flexibility index (Phi) is 5.06. The summed E-state index contributed by atoms with van der Waals surface area (Å²) in [6.07, 6.45) is 0. The normalized spacial score (nSPS) is 13.1. The van der Waals surface area contributed by atoms with Crippen molar-refractivity contribution >= 4 is 31.4 Å². The van der Waals surface area contributed by atoms with Gasteiger partial charge in [0.25, 0.3) is 0 Å². The molecule has 28 heavy (non-hydrogen) atoms. The third-order valence-electron chi connectivity index (χ3n) is 4.89. The summed E-state index contributed by atoms with van der Waals surface area (Å²) in [4.78, 5) is 1.31. The second-order valence-electron chi connectivity index (χ2n) is 6.83. The van der Waals surface area contributed by atoms with Gasteiger partial charge in [-0.15, -0.1) is 11.3 Å². The van der Waals surface area contributed by atoms with Gasteiger partial charge in [0.1, 0.15) is 0 Å². The Morgan fingerprint density at radius 2 is 1.50 bits per heavy atom. The summed E-state index contributed by atoms with van der Waals surface area (Å²) in [5.74, 6) is 0. The second kappa shape index (κ2) is 7.51.